The van der Waals surface area contributed by atoms with Gasteiger partial charge in [0.1, 0.15) is 42.7 Å². The van der Waals surface area contributed by atoms with Gasteiger partial charge in [0, 0.05) is 11.8 Å². The summed E-state index contributed by atoms with van der Waals surface area (Å²) in [7, 11) is 0. The molecule has 0 N–H and O–H groups in total. The smallest absolute Gasteiger partial charge is 0.311 e. The molecule has 0 heterocycles. The fourth-order valence-electron chi connectivity index (χ4n) is 20.7. The van der Waals surface area contributed by atoms with Crippen LogP contribution in [0.3, 0.4) is 0 Å². The maximum absolute atomic E-state index is 12.6. The van der Waals surface area contributed by atoms with Gasteiger partial charge in [-0.2, -0.15) is 0 Å². The first-order chi connectivity index (χ1) is 64.3. The molecule has 0 aliphatic heterocycles. The molecule has 6 aliphatic rings. The summed E-state index contributed by atoms with van der Waals surface area (Å²) in [6, 6.07) is 0. The predicted molar refractivity (Wildman–Crippen MR) is 607 cm³/mol. The third kappa shape index (κ3) is 49.3. The molecule has 14 heteroatoms. The summed E-state index contributed by atoms with van der Waals surface area (Å²) < 4.78 is 41.2. The van der Waals surface area contributed by atoms with Gasteiger partial charge < -0.3 is 33.2 Å². The van der Waals surface area contributed by atoms with Crippen molar-refractivity contribution in [3.05, 3.63) is 0 Å². The van der Waals surface area contributed by atoms with Crippen LogP contribution in [0.5, 0.6) is 0 Å². The highest BCUT2D eigenvalue weighted by molar-refractivity contribution is 5.79. The van der Waals surface area contributed by atoms with Gasteiger partial charge in [0.25, 0.3) is 0 Å². The van der Waals surface area contributed by atoms with Crippen LogP contribution in [0.1, 0.15) is 567 Å². The van der Waals surface area contributed by atoms with Crippen molar-refractivity contribution in [2.75, 3.05) is 0 Å². The molecule has 0 aromatic heterocycles. The van der Waals surface area contributed by atoms with E-state index in [9.17, 15) is 33.6 Å². The molecule has 14 unspecified atom stereocenters. The molecule has 0 amide bonds. The van der Waals surface area contributed by atoms with Crippen LogP contribution in [0.25, 0.3) is 0 Å². The van der Waals surface area contributed by atoms with E-state index in [1.165, 1.54) is 38.5 Å². The molecule has 6 fully saturated rings. The van der Waals surface area contributed by atoms with Gasteiger partial charge in [0.05, 0.1) is 37.9 Å². The Morgan fingerprint density at radius 3 is 0.790 bits per heavy atom. The van der Waals surface area contributed by atoms with E-state index < -0.39 is 0 Å². The largest absolute Gasteiger partial charge is 0.462 e. The van der Waals surface area contributed by atoms with Gasteiger partial charge in [-0.15, -0.1) is 0 Å². The van der Waals surface area contributed by atoms with Crippen LogP contribution < -0.4 is 0 Å². The summed E-state index contributed by atoms with van der Waals surface area (Å²) in [4.78, 5) is 86.2. The Kier molecular flexibility index (Phi) is 56.3. The molecule has 0 saturated heterocycles. The second-order valence-electron chi connectivity index (χ2n) is 61.5. The lowest BCUT2D eigenvalue weighted by Crippen LogP contribution is -2.47. The Morgan fingerprint density at radius 2 is 0.497 bits per heavy atom. The van der Waals surface area contributed by atoms with Gasteiger partial charge in [-0.1, -0.05) is 284 Å². The van der Waals surface area contributed by atoms with Gasteiger partial charge in [0.2, 0.25) is 0 Å². The van der Waals surface area contributed by atoms with Crippen LogP contribution in [0, 0.1) is 176 Å². The third-order valence-corrected chi connectivity index (χ3v) is 36.4. The first-order valence-corrected chi connectivity index (χ1v) is 58.8. The fourth-order valence-corrected chi connectivity index (χ4v) is 20.7. The highest BCUT2D eigenvalue weighted by atomic mass is 16.6. The minimum Gasteiger partial charge on any atom is -0.462 e. The molecule has 143 heavy (non-hydrogen) atoms. The number of esters is 7. The molecule has 0 aromatic rings. The lowest BCUT2D eigenvalue weighted by Gasteiger charge is -2.49. The van der Waals surface area contributed by atoms with Crippen molar-refractivity contribution in [2.24, 2.45) is 176 Å². The molecule has 0 aromatic carbocycles. The number of carbonyl (C=O) groups is 7. The Labute approximate surface area is 888 Å². The Balaban J connectivity index is 0.00000165. The quantitative estimate of drug-likeness (QED) is 0.0509. The van der Waals surface area contributed by atoms with E-state index in [1.807, 2.05) is 118 Å². The molecule has 846 valence electrons. The highest BCUT2D eigenvalue weighted by Gasteiger charge is 2.50. The molecule has 6 rings (SSSR count). The number of rotatable bonds is 29. The number of hydrogen-bond acceptors (Lipinski definition) is 14. The van der Waals surface area contributed by atoms with Crippen molar-refractivity contribution >= 4 is 41.8 Å². The van der Waals surface area contributed by atoms with E-state index in [0.717, 1.165) is 154 Å². The molecular formula is C129H246O14. The van der Waals surface area contributed by atoms with E-state index in [1.54, 1.807) is 0 Å². The predicted octanol–water partition coefficient (Wildman–Crippen LogP) is 37.4. The molecule has 6 aliphatic carbocycles. The van der Waals surface area contributed by atoms with Gasteiger partial charge in [0.15, 0.2) is 0 Å². The van der Waals surface area contributed by atoms with E-state index in [-0.39, 0.29) is 144 Å². The molecule has 0 radical (unpaired) electrons. The normalized spacial score (nSPS) is 26.0. The minimum atomic E-state index is -0.382. The maximum Gasteiger partial charge on any atom is 0.311 e. The number of hydrogen-bond donors (Lipinski definition) is 0. The van der Waals surface area contributed by atoms with Crippen molar-refractivity contribution < 1.29 is 66.7 Å². The summed E-state index contributed by atoms with van der Waals surface area (Å²) in [5, 5.41) is 0. The Bertz CT molecular complexity index is 3610. The average molecular weight is 2020 g/mol. The van der Waals surface area contributed by atoms with E-state index in [0.29, 0.717) is 110 Å². The topological polar surface area (TPSA) is 184 Å². The van der Waals surface area contributed by atoms with Crippen LogP contribution in [-0.2, 0) is 66.7 Å². The van der Waals surface area contributed by atoms with Crippen LogP contribution in [0.2, 0.25) is 0 Å². The Hall–Kier alpha value is -3.71. The van der Waals surface area contributed by atoms with Crippen molar-refractivity contribution in [1.82, 2.24) is 0 Å². The first kappa shape index (κ1) is 139. The molecule has 14 atom stereocenters. The third-order valence-electron chi connectivity index (χ3n) is 36.4. The molecule has 0 spiro atoms. The van der Waals surface area contributed by atoms with Gasteiger partial charge in [-0.25, -0.2) is 0 Å². The fraction of sp³-hybridized carbons (Fsp3) is 0.946. The SMILES string of the molecule is CCC(C)(C)C(=O)OC(CCC(C)C)CCC(C)C.CCC(C)(C)C(=O)OC1CC(C(C)(C)C)CC(C(C)(C)C)C1.CCC(C)(C)C(=O)OC1CC(C(C)C)CC(C(C)C)C1.CCC(C)(C)C(=O)OC1CC(C)C(C(C)(C)C)CC1C(C)(C)C.CCC(C)(C)C(=O)OC1CC(C)CC(C(C)(C)C)C1.CCC(C)(C)C(=O)OC1CCC(C(C)(C)C)CC1.CCC(C)(C)C(=O)OC1CCC(C(C)(C)C)CC1C(C)(C)C. The number of carbonyl (C=O) groups excluding carboxylic acids is 7. The first-order valence-electron chi connectivity index (χ1n) is 58.8. The summed E-state index contributed by atoms with van der Waals surface area (Å²) in [5.41, 5.74) is -0.300. The summed E-state index contributed by atoms with van der Waals surface area (Å²) in [6.45, 7) is 120. The minimum absolute atomic E-state index is 0.0167. The summed E-state index contributed by atoms with van der Waals surface area (Å²) in [6.07, 6.45) is 30.7. The van der Waals surface area contributed by atoms with E-state index >= 15 is 0 Å². The zero-order valence-electron chi connectivity index (χ0n) is 106. The molecular weight excluding hydrogens is 1770 g/mol. The monoisotopic (exact) mass is 2020 g/mol. The van der Waals surface area contributed by atoms with E-state index in [4.69, 9.17) is 33.2 Å². The maximum atomic E-state index is 12.6. The summed E-state index contributed by atoms with van der Waals surface area (Å²) in [5.74, 6) is 10.1. The van der Waals surface area contributed by atoms with Crippen LogP contribution in [0.4, 0.5) is 0 Å². The van der Waals surface area contributed by atoms with Crippen LogP contribution in [0.15, 0.2) is 0 Å². The lowest BCUT2D eigenvalue weighted by atomic mass is 9.58. The Morgan fingerprint density at radius 1 is 0.231 bits per heavy atom. The van der Waals surface area contributed by atoms with Crippen LogP contribution >= 0.6 is 0 Å². The molecule has 6 saturated carbocycles. The second-order valence-corrected chi connectivity index (χ2v) is 61.5. The zero-order valence-corrected chi connectivity index (χ0v) is 106. The van der Waals surface area contributed by atoms with Gasteiger partial charge >= 0.3 is 41.8 Å². The zero-order chi connectivity index (χ0) is 112. The van der Waals surface area contributed by atoms with Gasteiger partial charge in [-0.05, 0) is 409 Å². The molecule has 14 nitrogen and oxygen atoms in total. The summed E-state index contributed by atoms with van der Waals surface area (Å²) >= 11 is 0. The van der Waals surface area contributed by atoms with Crippen molar-refractivity contribution in [2.45, 2.75) is 610 Å². The average Bonchev–Trinajstić information content (AvgIpc) is 0.780. The standard InChI is InChI=1S/C21H40O2.2C20H38O2.C18H34O2.C17H32O2.C17H34O2.C16H30O2/c1-11-21(9,10)18(22)23-17-12-14(2)15(19(3,4)5)13-16(17)20(6,7)8;1-10-20(8,9)17(21)22-16-12-14(18(2,3)4)11-15(13-16)19(5,6)7;1-10-20(8,9)17(21)22-16-12-11-14(18(2,3)4)13-15(16)19(5,6)7;1-8-18(6,7)17(19)20-16-10-14(12(2)3)9-15(11-16)13(4)5;1-8-17(6,7)15(18)19-14-10-12(2)9-13(11-14)16(3,4)5;1-8-17(6,7)16(18)19-15(11-9-13(2)3)12-10-14(4)5;1-7-16(5,6)14(17)18-13-10-8-12(9-11-13)15(2,3)4/h14-17H,11-13H2,1-10H3;2*14-16H,10-13H2,1-9H3;12-16H,8-11H2,1-7H3;12-14H,8-11H2,1-7H3;13-15H,8-12H2,1-7H3;12-13H,7-11H2,1-6H3. The lowest BCUT2D eigenvalue weighted by molar-refractivity contribution is -0.172. The second kappa shape index (κ2) is 57.8. The van der Waals surface area contributed by atoms with E-state index in [2.05, 4.69) is 263 Å². The highest BCUT2D eigenvalue weighted by Crippen LogP contribution is 2.54. The van der Waals surface area contributed by atoms with Crippen molar-refractivity contribution in [3.8, 4) is 0 Å². The number of ether oxygens (including phenoxy) is 7. The van der Waals surface area contributed by atoms with Crippen molar-refractivity contribution in [3.63, 3.8) is 0 Å². The molecule has 0 bridgehead atoms. The van der Waals surface area contributed by atoms with Crippen molar-refractivity contribution in [1.29, 1.82) is 0 Å². The van der Waals surface area contributed by atoms with Crippen LogP contribution in [-0.4, -0.2) is 84.5 Å². The van der Waals surface area contributed by atoms with Gasteiger partial charge in [-0.3, -0.25) is 33.6 Å².